The van der Waals surface area contributed by atoms with E-state index in [1.165, 1.54) is 0 Å². The van der Waals surface area contributed by atoms with Gasteiger partial charge >= 0.3 is 0 Å². The summed E-state index contributed by atoms with van der Waals surface area (Å²) in [5.41, 5.74) is 1.61. The second kappa shape index (κ2) is 5.16. The summed E-state index contributed by atoms with van der Waals surface area (Å²) in [5.74, 6) is -1.07. The number of carbonyl (C=O) groups is 1. The Morgan fingerprint density at radius 3 is 2.52 bits per heavy atom. The lowest BCUT2D eigenvalue weighted by Crippen LogP contribution is -2.23. The molecule has 0 aliphatic carbocycles. The molecule has 0 bridgehead atoms. The monoisotopic (exact) mass is 321 g/mol. The molecule has 0 fully saturated rings. The normalized spacial score (nSPS) is 20.2. The van der Waals surface area contributed by atoms with Crippen molar-refractivity contribution in [2.24, 2.45) is 0 Å². The molecular weight excluding hydrogens is 310 g/mol. The van der Waals surface area contributed by atoms with E-state index in [1.54, 1.807) is 42.5 Å². The number of carbonyl (C=O) groups excluding carboxylic acids is 1. The Bertz CT molecular complexity index is 803. The smallest absolute Gasteiger partial charge is 0.239 e. The molecule has 108 valence electrons. The van der Waals surface area contributed by atoms with Crippen LogP contribution in [0.5, 0.6) is 0 Å². The van der Waals surface area contributed by atoms with Crippen molar-refractivity contribution < 1.29 is 13.2 Å². The third-order valence-electron chi connectivity index (χ3n) is 3.36. The molecule has 1 aliphatic heterocycles. The fourth-order valence-electron chi connectivity index (χ4n) is 2.52. The first-order chi connectivity index (χ1) is 9.97. The lowest BCUT2D eigenvalue weighted by Gasteiger charge is -2.17. The Labute approximate surface area is 127 Å². The summed E-state index contributed by atoms with van der Waals surface area (Å²) >= 11 is 6.00. The van der Waals surface area contributed by atoms with Crippen LogP contribution in [0.1, 0.15) is 16.4 Å². The van der Waals surface area contributed by atoms with Gasteiger partial charge in [-0.05, 0) is 29.3 Å². The van der Waals surface area contributed by atoms with Gasteiger partial charge in [-0.1, -0.05) is 41.9 Å². The Morgan fingerprint density at radius 2 is 1.81 bits per heavy atom. The number of amides is 1. The second-order valence-electron chi connectivity index (χ2n) is 4.88. The van der Waals surface area contributed by atoms with Crippen LogP contribution in [0.3, 0.4) is 0 Å². The van der Waals surface area contributed by atoms with Gasteiger partial charge in [0.05, 0.1) is 0 Å². The predicted molar refractivity (Wildman–Crippen MR) is 82.2 cm³/mol. The quantitative estimate of drug-likeness (QED) is 0.878. The third-order valence-corrected chi connectivity index (χ3v) is 5.51. The van der Waals surface area contributed by atoms with Crippen molar-refractivity contribution in [3.05, 3.63) is 64.7 Å². The lowest BCUT2D eigenvalue weighted by atomic mass is 10.0. The van der Waals surface area contributed by atoms with Crippen molar-refractivity contribution in [3.63, 3.8) is 0 Å². The van der Waals surface area contributed by atoms with Crippen LogP contribution in [0.4, 0.5) is 5.69 Å². The molecule has 21 heavy (non-hydrogen) atoms. The van der Waals surface area contributed by atoms with Crippen molar-refractivity contribution in [2.45, 2.75) is 5.25 Å². The average Bonchev–Trinajstić information content (AvgIpc) is 2.51. The molecule has 4 nitrogen and oxygen atoms in total. The highest BCUT2D eigenvalue weighted by Crippen LogP contribution is 2.38. The van der Waals surface area contributed by atoms with E-state index < -0.39 is 26.7 Å². The summed E-state index contributed by atoms with van der Waals surface area (Å²) in [6, 6.07) is 13.7. The molecule has 3 rings (SSSR count). The molecule has 0 saturated heterocycles. The molecule has 0 saturated carbocycles. The summed E-state index contributed by atoms with van der Waals surface area (Å²) in [6.45, 7) is 0. The number of anilines is 1. The maximum atomic E-state index is 12.6. The summed E-state index contributed by atoms with van der Waals surface area (Å²) in [7, 11) is -3.66. The molecule has 0 spiro atoms. The van der Waals surface area contributed by atoms with E-state index in [2.05, 4.69) is 5.32 Å². The molecule has 1 heterocycles. The molecule has 0 unspecified atom stereocenters. The minimum atomic E-state index is -3.66. The molecule has 1 aliphatic rings. The molecule has 2 aromatic rings. The highest BCUT2D eigenvalue weighted by molar-refractivity contribution is 7.92. The zero-order chi connectivity index (χ0) is 15.0. The van der Waals surface area contributed by atoms with Crippen molar-refractivity contribution in [1.82, 2.24) is 0 Å². The summed E-state index contributed by atoms with van der Waals surface area (Å²) < 4.78 is 25.2. The number of benzene rings is 2. The van der Waals surface area contributed by atoms with Gasteiger partial charge in [-0.3, -0.25) is 4.79 Å². The minimum absolute atomic E-state index is 0.432. The topological polar surface area (TPSA) is 63.2 Å². The highest BCUT2D eigenvalue weighted by Gasteiger charge is 2.36. The summed E-state index contributed by atoms with van der Waals surface area (Å²) in [6.07, 6.45) is 0. The fraction of sp³-hybridized carbons (Fsp3) is 0.133. The van der Waals surface area contributed by atoms with Crippen LogP contribution >= 0.6 is 11.6 Å². The Kier molecular flexibility index (Phi) is 3.47. The van der Waals surface area contributed by atoms with Gasteiger partial charge in [-0.25, -0.2) is 8.42 Å². The van der Waals surface area contributed by atoms with Crippen LogP contribution in [0.15, 0.2) is 48.5 Å². The van der Waals surface area contributed by atoms with Crippen LogP contribution in [0.2, 0.25) is 5.02 Å². The Hall–Kier alpha value is -1.85. The maximum Gasteiger partial charge on any atom is 0.239 e. The molecule has 1 amide bonds. The first-order valence-corrected chi connectivity index (χ1v) is 8.42. The van der Waals surface area contributed by atoms with E-state index in [4.69, 9.17) is 11.6 Å². The van der Waals surface area contributed by atoms with Gasteiger partial charge in [0.15, 0.2) is 9.84 Å². The number of nitrogens with one attached hydrogen (secondary N) is 1. The van der Waals surface area contributed by atoms with Crippen LogP contribution < -0.4 is 5.32 Å². The zero-order valence-corrected chi connectivity index (χ0v) is 12.5. The van der Waals surface area contributed by atoms with Gasteiger partial charge in [0.25, 0.3) is 0 Å². The fourth-order valence-corrected chi connectivity index (χ4v) is 4.46. The van der Waals surface area contributed by atoms with E-state index >= 15 is 0 Å². The van der Waals surface area contributed by atoms with Gasteiger partial charge in [0.2, 0.25) is 5.91 Å². The van der Waals surface area contributed by atoms with Crippen LogP contribution in [0, 0.1) is 0 Å². The predicted octanol–water partition coefficient (Wildman–Crippen LogP) is 2.80. The number of rotatable bonds is 1. The van der Waals surface area contributed by atoms with Gasteiger partial charge in [-0.15, -0.1) is 0 Å². The number of halogens is 1. The largest absolute Gasteiger partial charge is 0.325 e. The number of fused-ring (bicyclic) bond motifs is 1. The van der Waals surface area contributed by atoms with E-state index in [0.29, 0.717) is 21.8 Å². The first kappa shape index (κ1) is 14.1. The average molecular weight is 322 g/mol. The van der Waals surface area contributed by atoms with Crippen molar-refractivity contribution in [3.8, 4) is 0 Å². The van der Waals surface area contributed by atoms with Crippen LogP contribution in [-0.2, 0) is 14.6 Å². The van der Waals surface area contributed by atoms with Crippen molar-refractivity contribution in [2.75, 3.05) is 11.1 Å². The van der Waals surface area contributed by atoms with E-state index in [-0.39, 0.29) is 0 Å². The number of sulfone groups is 1. The molecule has 0 radical (unpaired) electrons. The van der Waals surface area contributed by atoms with Gasteiger partial charge < -0.3 is 5.32 Å². The van der Waals surface area contributed by atoms with Crippen molar-refractivity contribution >= 4 is 33.0 Å². The van der Waals surface area contributed by atoms with E-state index in [1.807, 2.05) is 6.07 Å². The third kappa shape index (κ3) is 2.66. The summed E-state index contributed by atoms with van der Waals surface area (Å²) in [5, 5.41) is 2.16. The Balaban J connectivity index is 2.29. The van der Waals surface area contributed by atoms with Crippen LogP contribution in [0.25, 0.3) is 0 Å². The second-order valence-corrected chi connectivity index (χ2v) is 7.40. The van der Waals surface area contributed by atoms with Crippen molar-refractivity contribution in [1.29, 1.82) is 0 Å². The van der Waals surface area contributed by atoms with Gasteiger partial charge in [0.1, 0.15) is 11.0 Å². The minimum Gasteiger partial charge on any atom is -0.325 e. The SMILES string of the molecule is O=C1CS(=O)(=O)[C@H](c2ccccc2)c2cc(Cl)ccc2N1. The highest BCUT2D eigenvalue weighted by atomic mass is 35.5. The summed E-state index contributed by atoms with van der Waals surface area (Å²) in [4.78, 5) is 11.8. The number of hydrogen-bond donors (Lipinski definition) is 1. The Morgan fingerprint density at radius 1 is 1.10 bits per heavy atom. The van der Waals surface area contributed by atoms with Gasteiger partial charge in [-0.2, -0.15) is 0 Å². The molecular formula is C15H12ClNO3S. The van der Waals surface area contributed by atoms with E-state index in [0.717, 1.165) is 0 Å². The van der Waals surface area contributed by atoms with E-state index in [9.17, 15) is 13.2 Å². The zero-order valence-electron chi connectivity index (χ0n) is 10.9. The van der Waals surface area contributed by atoms with Gasteiger partial charge in [0, 0.05) is 10.7 Å². The molecule has 1 N–H and O–H groups in total. The maximum absolute atomic E-state index is 12.6. The molecule has 6 heteroatoms. The molecule has 1 atom stereocenters. The molecule has 0 aromatic heterocycles. The first-order valence-electron chi connectivity index (χ1n) is 6.33. The standard InChI is InChI=1S/C15H12ClNO3S/c16-11-6-7-13-12(8-11)15(10-4-2-1-3-5-10)21(19,20)9-14(18)17-13/h1-8,15H,9H2,(H,17,18)/t15-/m1/s1. The molecule has 2 aromatic carbocycles. The lowest BCUT2D eigenvalue weighted by molar-refractivity contribution is -0.113. The van der Waals surface area contributed by atoms with Crippen LogP contribution in [-0.4, -0.2) is 20.1 Å². The number of hydrogen-bond acceptors (Lipinski definition) is 3.